The van der Waals surface area contributed by atoms with Crippen molar-refractivity contribution in [1.29, 1.82) is 0 Å². The molecule has 0 radical (unpaired) electrons. The minimum atomic E-state index is -3.58. The Hall–Kier alpha value is -0.770. The second-order valence-electron chi connectivity index (χ2n) is 3.66. The predicted octanol–water partition coefficient (Wildman–Crippen LogP) is -0.0802. The van der Waals surface area contributed by atoms with Crippen molar-refractivity contribution in [1.82, 2.24) is 14.5 Å². The molecule has 0 aromatic carbocycles. The van der Waals surface area contributed by atoms with Crippen LogP contribution in [0.5, 0.6) is 0 Å². The van der Waals surface area contributed by atoms with Crippen LogP contribution in [0.2, 0.25) is 0 Å². The number of nitrogen functional groups attached to an aromatic ring is 1. The molecule has 9 heteroatoms. The van der Waals surface area contributed by atoms with Gasteiger partial charge < -0.3 is 10.5 Å². The van der Waals surface area contributed by atoms with Gasteiger partial charge in [-0.3, -0.25) is 0 Å². The van der Waals surface area contributed by atoms with E-state index in [1.54, 1.807) is 0 Å². The van der Waals surface area contributed by atoms with Gasteiger partial charge in [0.05, 0.1) is 13.2 Å². The summed E-state index contributed by atoms with van der Waals surface area (Å²) in [5.41, 5.74) is 5.41. The van der Waals surface area contributed by atoms with Crippen LogP contribution < -0.4 is 5.73 Å². The van der Waals surface area contributed by atoms with E-state index < -0.39 is 10.0 Å². The summed E-state index contributed by atoms with van der Waals surface area (Å²) in [4.78, 5) is 0. The van der Waals surface area contributed by atoms with E-state index in [1.165, 1.54) is 4.31 Å². The van der Waals surface area contributed by atoms with Gasteiger partial charge in [-0.25, -0.2) is 8.42 Å². The lowest BCUT2D eigenvalue weighted by atomic mass is 10.2. The molecule has 2 N–H and O–H groups in total. The molecule has 1 aromatic rings. The Morgan fingerprint density at radius 2 is 2.35 bits per heavy atom. The number of nitrogens with two attached hydrogens (primary N) is 1. The van der Waals surface area contributed by atoms with Crippen molar-refractivity contribution in [2.45, 2.75) is 23.7 Å². The lowest BCUT2D eigenvalue weighted by Gasteiger charge is -2.32. The maximum absolute atomic E-state index is 12.3. The minimum Gasteiger partial charge on any atom is -0.378 e. The molecule has 1 atom stereocenters. The summed E-state index contributed by atoms with van der Waals surface area (Å²) in [6.45, 7) is 3.10. The molecule has 0 spiro atoms. The zero-order valence-electron chi connectivity index (χ0n) is 9.37. The SMILES string of the molecule is CCC1COCCN1S(=O)(=O)c1nnc(N)s1. The lowest BCUT2D eigenvalue weighted by molar-refractivity contribution is 0.0314. The Morgan fingerprint density at radius 3 is 2.94 bits per heavy atom. The normalized spacial score (nSPS) is 22.8. The fourth-order valence-electron chi connectivity index (χ4n) is 1.70. The van der Waals surface area contributed by atoms with Gasteiger partial charge in [-0.05, 0) is 6.42 Å². The third kappa shape index (κ3) is 2.41. The number of hydrogen-bond acceptors (Lipinski definition) is 7. The fraction of sp³-hybridized carbons (Fsp3) is 0.750. The van der Waals surface area contributed by atoms with Crippen LogP contribution >= 0.6 is 11.3 Å². The summed E-state index contributed by atoms with van der Waals surface area (Å²) in [5.74, 6) is 0. The van der Waals surface area contributed by atoms with Crippen molar-refractivity contribution in [2.75, 3.05) is 25.5 Å². The van der Waals surface area contributed by atoms with Gasteiger partial charge in [0, 0.05) is 12.6 Å². The van der Waals surface area contributed by atoms with Crippen molar-refractivity contribution >= 4 is 26.5 Å². The summed E-state index contributed by atoms with van der Waals surface area (Å²) >= 11 is 0.886. The molecule has 7 nitrogen and oxygen atoms in total. The van der Waals surface area contributed by atoms with Gasteiger partial charge in [-0.15, -0.1) is 10.2 Å². The average molecular weight is 278 g/mol. The summed E-state index contributed by atoms with van der Waals surface area (Å²) in [7, 11) is -3.58. The van der Waals surface area contributed by atoms with Crippen LogP contribution in [-0.4, -0.2) is 48.7 Å². The molecule has 0 bridgehead atoms. The van der Waals surface area contributed by atoms with E-state index in [0.29, 0.717) is 26.2 Å². The van der Waals surface area contributed by atoms with E-state index in [-0.39, 0.29) is 15.5 Å². The zero-order chi connectivity index (χ0) is 12.5. The Bertz CT molecular complexity index is 487. The van der Waals surface area contributed by atoms with Crippen LogP contribution in [0.25, 0.3) is 0 Å². The van der Waals surface area contributed by atoms with Crippen LogP contribution in [0.3, 0.4) is 0 Å². The first-order valence-corrected chi connectivity index (χ1v) is 7.50. The van der Waals surface area contributed by atoms with E-state index in [0.717, 1.165) is 11.3 Å². The first kappa shape index (κ1) is 12.7. The summed E-state index contributed by atoms with van der Waals surface area (Å²) < 4.78 is 31.2. The van der Waals surface area contributed by atoms with Crippen LogP contribution in [0, 0.1) is 0 Å². The molecule has 0 amide bonds. The molecular weight excluding hydrogens is 264 g/mol. The summed E-state index contributed by atoms with van der Waals surface area (Å²) in [6, 6.07) is -0.140. The number of sulfonamides is 1. The summed E-state index contributed by atoms with van der Waals surface area (Å²) in [5, 5.41) is 7.30. The number of nitrogens with zero attached hydrogens (tertiary/aromatic N) is 3. The summed E-state index contributed by atoms with van der Waals surface area (Å²) in [6.07, 6.45) is 0.702. The molecule has 2 rings (SSSR count). The Kier molecular flexibility index (Phi) is 3.61. The molecule has 0 saturated carbocycles. The van der Waals surface area contributed by atoms with Gasteiger partial charge in [0.2, 0.25) is 9.47 Å². The standard InChI is InChI=1S/C8H14N4O3S2/c1-2-6-5-15-4-3-12(6)17(13,14)8-11-10-7(9)16-8/h6H,2-5H2,1H3,(H2,9,10). The molecule has 17 heavy (non-hydrogen) atoms. The van der Waals surface area contributed by atoms with E-state index >= 15 is 0 Å². The van der Waals surface area contributed by atoms with Crippen molar-refractivity contribution < 1.29 is 13.2 Å². The number of hydrogen-bond donors (Lipinski definition) is 1. The predicted molar refractivity (Wildman–Crippen MR) is 63.1 cm³/mol. The third-order valence-electron chi connectivity index (χ3n) is 2.60. The monoisotopic (exact) mass is 278 g/mol. The van der Waals surface area contributed by atoms with Crippen LogP contribution in [-0.2, 0) is 14.8 Å². The smallest absolute Gasteiger partial charge is 0.272 e. The van der Waals surface area contributed by atoms with Crippen LogP contribution in [0.15, 0.2) is 4.34 Å². The van der Waals surface area contributed by atoms with Crippen molar-refractivity contribution in [3.8, 4) is 0 Å². The quantitative estimate of drug-likeness (QED) is 0.830. The van der Waals surface area contributed by atoms with E-state index in [1.807, 2.05) is 6.92 Å². The van der Waals surface area contributed by atoms with Gasteiger partial charge >= 0.3 is 0 Å². The van der Waals surface area contributed by atoms with Crippen molar-refractivity contribution in [3.63, 3.8) is 0 Å². The Morgan fingerprint density at radius 1 is 1.59 bits per heavy atom. The highest BCUT2D eigenvalue weighted by atomic mass is 32.2. The molecule has 1 fully saturated rings. The largest absolute Gasteiger partial charge is 0.378 e. The van der Waals surface area contributed by atoms with Crippen molar-refractivity contribution in [3.05, 3.63) is 0 Å². The second kappa shape index (κ2) is 4.84. The molecular formula is C8H14N4O3S2. The van der Waals surface area contributed by atoms with Gasteiger partial charge in [0.25, 0.3) is 10.0 Å². The van der Waals surface area contributed by atoms with E-state index in [9.17, 15) is 8.42 Å². The fourth-order valence-corrected chi connectivity index (χ4v) is 4.27. The number of ether oxygens (including phenoxy) is 1. The van der Waals surface area contributed by atoms with Crippen molar-refractivity contribution in [2.24, 2.45) is 0 Å². The number of aromatic nitrogens is 2. The van der Waals surface area contributed by atoms with E-state index in [4.69, 9.17) is 10.5 Å². The maximum Gasteiger partial charge on any atom is 0.272 e. The van der Waals surface area contributed by atoms with Crippen LogP contribution in [0.1, 0.15) is 13.3 Å². The first-order valence-electron chi connectivity index (χ1n) is 5.24. The number of morpholine rings is 1. The highest BCUT2D eigenvalue weighted by molar-refractivity contribution is 7.91. The first-order chi connectivity index (χ1) is 8.05. The molecule has 1 unspecified atom stereocenters. The second-order valence-corrected chi connectivity index (χ2v) is 6.73. The van der Waals surface area contributed by atoms with Gasteiger partial charge in [0.15, 0.2) is 0 Å². The number of anilines is 1. The maximum atomic E-state index is 12.3. The Balaban J connectivity index is 2.30. The molecule has 96 valence electrons. The average Bonchev–Trinajstić information content (AvgIpc) is 2.76. The zero-order valence-corrected chi connectivity index (χ0v) is 11.0. The third-order valence-corrected chi connectivity index (χ3v) is 5.65. The molecule has 0 aliphatic carbocycles. The minimum absolute atomic E-state index is 0.0460. The highest BCUT2D eigenvalue weighted by Gasteiger charge is 2.35. The molecule has 1 saturated heterocycles. The Labute approximate surface area is 104 Å². The molecule has 1 aliphatic heterocycles. The topological polar surface area (TPSA) is 98.4 Å². The molecule has 2 heterocycles. The molecule has 1 aromatic heterocycles. The van der Waals surface area contributed by atoms with Gasteiger partial charge in [-0.2, -0.15) is 4.31 Å². The van der Waals surface area contributed by atoms with E-state index in [2.05, 4.69) is 10.2 Å². The lowest BCUT2D eigenvalue weighted by Crippen LogP contribution is -2.48. The van der Waals surface area contributed by atoms with Gasteiger partial charge in [0.1, 0.15) is 0 Å². The molecule has 1 aliphatic rings. The number of rotatable bonds is 3. The van der Waals surface area contributed by atoms with Crippen LogP contribution in [0.4, 0.5) is 5.13 Å². The highest BCUT2D eigenvalue weighted by Crippen LogP contribution is 2.25. The van der Waals surface area contributed by atoms with Gasteiger partial charge in [-0.1, -0.05) is 18.3 Å².